The van der Waals surface area contributed by atoms with Crippen LogP contribution >= 0.6 is 10.7 Å². The summed E-state index contributed by atoms with van der Waals surface area (Å²) >= 11 is 0. The average molecular weight is 260 g/mol. The highest BCUT2D eigenvalue weighted by molar-refractivity contribution is 8.13. The van der Waals surface area contributed by atoms with Crippen molar-refractivity contribution in [1.82, 2.24) is 0 Å². The van der Waals surface area contributed by atoms with Crippen molar-refractivity contribution < 1.29 is 13.2 Å². The Balaban J connectivity index is 2.43. The molecule has 1 aromatic rings. The van der Waals surface area contributed by atoms with Crippen molar-refractivity contribution >= 4 is 31.3 Å². The topological polar surface area (TPSA) is 63.2 Å². The van der Waals surface area contributed by atoms with Crippen molar-refractivity contribution in [1.29, 1.82) is 0 Å². The molecule has 0 saturated carbocycles. The van der Waals surface area contributed by atoms with Gasteiger partial charge in [-0.05, 0) is 17.5 Å². The number of amides is 1. The van der Waals surface area contributed by atoms with E-state index in [1.165, 1.54) is 0 Å². The van der Waals surface area contributed by atoms with E-state index in [0.29, 0.717) is 24.1 Å². The average Bonchev–Trinajstić information content (AvgIpc) is 2.17. The number of anilines is 1. The van der Waals surface area contributed by atoms with Gasteiger partial charge in [0, 0.05) is 22.8 Å². The van der Waals surface area contributed by atoms with Gasteiger partial charge < -0.3 is 5.32 Å². The minimum atomic E-state index is -3.61. The predicted molar refractivity (Wildman–Crippen MR) is 61.9 cm³/mol. The zero-order chi connectivity index (χ0) is 11.8. The summed E-state index contributed by atoms with van der Waals surface area (Å²) in [6.07, 6.45) is 1.07. The van der Waals surface area contributed by atoms with Crippen molar-refractivity contribution in [2.45, 2.75) is 18.6 Å². The maximum absolute atomic E-state index is 11.3. The Morgan fingerprint density at radius 3 is 2.75 bits per heavy atom. The number of halogens is 1. The molecule has 4 nitrogen and oxygen atoms in total. The zero-order valence-electron chi connectivity index (χ0n) is 8.36. The third-order valence-electron chi connectivity index (χ3n) is 2.45. The summed E-state index contributed by atoms with van der Waals surface area (Å²) < 4.78 is 22.0. The van der Waals surface area contributed by atoms with Crippen LogP contribution in [-0.2, 0) is 26.0 Å². The van der Waals surface area contributed by atoms with Crippen LogP contribution in [-0.4, -0.2) is 14.3 Å². The molecule has 2 rings (SSSR count). The maximum atomic E-state index is 11.3. The van der Waals surface area contributed by atoms with Crippen molar-refractivity contribution in [3.8, 4) is 0 Å². The first-order valence-corrected chi connectivity index (χ1v) is 7.26. The van der Waals surface area contributed by atoms with Crippen molar-refractivity contribution in [2.24, 2.45) is 0 Å². The molecule has 0 fully saturated rings. The summed E-state index contributed by atoms with van der Waals surface area (Å²) in [4.78, 5) is 11.3. The summed E-state index contributed by atoms with van der Waals surface area (Å²) in [5, 5.41) is 2.69. The molecule has 1 aliphatic rings. The molecule has 0 spiro atoms. The van der Waals surface area contributed by atoms with E-state index in [2.05, 4.69) is 5.32 Å². The third-order valence-corrected chi connectivity index (χ3v) is 3.43. The number of hydrogen-bond acceptors (Lipinski definition) is 3. The number of nitrogens with one attached hydrogen (secondary N) is 1. The van der Waals surface area contributed by atoms with Crippen molar-refractivity contribution in [3.05, 3.63) is 29.3 Å². The molecule has 0 unspecified atom stereocenters. The fourth-order valence-corrected chi connectivity index (χ4v) is 2.74. The van der Waals surface area contributed by atoms with Gasteiger partial charge in [-0.25, -0.2) is 8.42 Å². The van der Waals surface area contributed by atoms with Crippen LogP contribution < -0.4 is 5.32 Å². The number of rotatable bonds is 2. The third kappa shape index (κ3) is 2.54. The summed E-state index contributed by atoms with van der Waals surface area (Å²) in [5.41, 5.74) is 2.10. The molecule has 0 radical (unpaired) electrons. The van der Waals surface area contributed by atoms with Gasteiger partial charge in [0.05, 0.1) is 5.75 Å². The molecule has 1 N–H and O–H groups in total. The zero-order valence-corrected chi connectivity index (χ0v) is 9.94. The number of carbonyl (C=O) groups excluding carboxylic acids is 1. The Bertz CT molecular complexity index is 539. The van der Waals surface area contributed by atoms with Gasteiger partial charge in [-0.1, -0.05) is 18.2 Å². The second-order valence-corrected chi connectivity index (χ2v) is 6.46. The molecule has 1 heterocycles. The quantitative estimate of drug-likeness (QED) is 0.822. The molecule has 1 aromatic carbocycles. The lowest BCUT2D eigenvalue weighted by Gasteiger charge is -2.19. The van der Waals surface area contributed by atoms with Gasteiger partial charge in [0.15, 0.2) is 0 Å². The number of para-hydroxylation sites is 1. The highest BCUT2D eigenvalue weighted by Crippen LogP contribution is 2.28. The van der Waals surface area contributed by atoms with Gasteiger partial charge in [0.2, 0.25) is 15.0 Å². The summed E-state index contributed by atoms with van der Waals surface area (Å²) in [6.45, 7) is 0. The minimum Gasteiger partial charge on any atom is -0.326 e. The molecule has 6 heteroatoms. The fraction of sp³-hybridized carbons (Fsp3) is 0.300. The van der Waals surface area contributed by atoms with Crippen LogP contribution in [0.25, 0.3) is 0 Å². The monoisotopic (exact) mass is 259 g/mol. The van der Waals surface area contributed by atoms with Crippen molar-refractivity contribution in [3.63, 3.8) is 0 Å². The standard InChI is InChI=1S/C10H10ClNO3S/c11-16(14,15)6-8-3-1-2-7-4-5-9(13)12-10(7)8/h1-3H,4-6H2,(H,12,13). The van der Waals surface area contributed by atoms with Gasteiger partial charge in [-0.15, -0.1) is 0 Å². The number of carbonyl (C=O) groups is 1. The Labute approximate surface area is 98.0 Å². The fourth-order valence-electron chi connectivity index (χ4n) is 1.78. The minimum absolute atomic E-state index is 0.0908. The summed E-state index contributed by atoms with van der Waals surface area (Å²) in [6, 6.07) is 5.30. The lowest BCUT2D eigenvalue weighted by Crippen LogP contribution is -2.20. The van der Waals surface area contributed by atoms with Gasteiger partial charge in [-0.2, -0.15) is 0 Å². The first-order chi connectivity index (χ1) is 7.46. The molecule has 0 saturated heterocycles. The van der Waals surface area contributed by atoms with Crippen LogP contribution in [0.4, 0.5) is 5.69 Å². The Morgan fingerprint density at radius 1 is 1.31 bits per heavy atom. The Morgan fingerprint density at radius 2 is 2.06 bits per heavy atom. The normalized spacial score (nSPS) is 15.4. The number of aryl methyl sites for hydroxylation is 1. The molecule has 0 atom stereocenters. The lowest BCUT2D eigenvalue weighted by atomic mass is 10.00. The molecule has 0 bridgehead atoms. The first kappa shape index (κ1) is 11.4. The van der Waals surface area contributed by atoms with Gasteiger partial charge in [-0.3, -0.25) is 4.79 Å². The molecule has 86 valence electrons. The van der Waals surface area contributed by atoms with E-state index in [4.69, 9.17) is 10.7 Å². The molecular weight excluding hydrogens is 250 g/mol. The molecule has 0 aromatic heterocycles. The van der Waals surface area contributed by atoms with Crippen LogP contribution in [0.2, 0.25) is 0 Å². The molecule has 1 amide bonds. The summed E-state index contributed by atoms with van der Waals surface area (Å²) in [7, 11) is 1.60. The number of hydrogen-bond donors (Lipinski definition) is 1. The molecule has 16 heavy (non-hydrogen) atoms. The van der Waals surface area contributed by atoms with E-state index in [9.17, 15) is 13.2 Å². The molecule has 0 aliphatic carbocycles. The Kier molecular flexibility index (Phi) is 2.90. The van der Waals surface area contributed by atoms with E-state index in [1.807, 2.05) is 6.07 Å². The highest BCUT2D eigenvalue weighted by Gasteiger charge is 2.19. The van der Waals surface area contributed by atoms with E-state index in [0.717, 1.165) is 5.56 Å². The predicted octanol–water partition coefficient (Wildman–Crippen LogP) is 1.64. The van der Waals surface area contributed by atoms with Gasteiger partial charge in [0.25, 0.3) is 0 Å². The maximum Gasteiger partial charge on any atom is 0.236 e. The summed E-state index contributed by atoms with van der Waals surface area (Å²) in [5.74, 6) is -0.357. The lowest BCUT2D eigenvalue weighted by molar-refractivity contribution is -0.116. The van der Waals surface area contributed by atoms with E-state index in [1.54, 1.807) is 12.1 Å². The van der Waals surface area contributed by atoms with E-state index >= 15 is 0 Å². The van der Waals surface area contributed by atoms with Crippen molar-refractivity contribution in [2.75, 3.05) is 5.32 Å². The number of benzene rings is 1. The van der Waals surface area contributed by atoms with E-state index < -0.39 is 9.05 Å². The van der Waals surface area contributed by atoms with Crippen LogP contribution in [0.5, 0.6) is 0 Å². The van der Waals surface area contributed by atoms with Gasteiger partial charge >= 0.3 is 0 Å². The smallest absolute Gasteiger partial charge is 0.236 e. The van der Waals surface area contributed by atoms with E-state index in [-0.39, 0.29) is 11.7 Å². The van der Waals surface area contributed by atoms with Crippen LogP contribution in [0.15, 0.2) is 18.2 Å². The van der Waals surface area contributed by atoms with Crippen LogP contribution in [0.1, 0.15) is 17.5 Å². The SMILES string of the molecule is O=C1CCc2cccc(CS(=O)(=O)Cl)c2N1. The second kappa shape index (κ2) is 4.07. The molecular formula is C10H10ClNO3S. The Hall–Kier alpha value is -1.07. The number of fused-ring (bicyclic) bond motifs is 1. The van der Waals surface area contributed by atoms with Crippen LogP contribution in [0, 0.1) is 0 Å². The first-order valence-electron chi connectivity index (χ1n) is 4.79. The highest BCUT2D eigenvalue weighted by atomic mass is 35.7. The molecule has 1 aliphatic heterocycles. The largest absolute Gasteiger partial charge is 0.326 e. The van der Waals surface area contributed by atoms with Crippen LogP contribution in [0.3, 0.4) is 0 Å². The van der Waals surface area contributed by atoms with Gasteiger partial charge in [0.1, 0.15) is 0 Å². The second-order valence-electron chi connectivity index (χ2n) is 3.68.